The van der Waals surface area contributed by atoms with E-state index in [0.29, 0.717) is 21.5 Å². The van der Waals surface area contributed by atoms with Gasteiger partial charge < -0.3 is 18.5 Å². The maximum atomic E-state index is 14.0. The first kappa shape index (κ1) is 25.6. The van der Waals surface area contributed by atoms with Gasteiger partial charge in [0.1, 0.15) is 11.5 Å². The first-order valence-corrected chi connectivity index (χ1v) is 13.4. The van der Waals surface area contributed by atoms with Crippen LogP contribution in [0.1, 0.15) is 16.7 Å². The number of methoxy groups -OCH3 is 2. The Labute approximate surface area is 215 Å². The number of ether oxygens (including phenoxy) is 2. The molecule has 0 aliphatic carbocycles. The van der Waals surface area contributed by atoms with E-state index in [1.54, 1.807) is 38.5 Å². The van der Waals surface area contributed by atoms with Gasteiger partial charge >= 0.3 is 7.60 Å². The van der Waals surface area contributed by atoms with Crippen LogP contribution >= 0.6 is 30.8 Å². The molecular formula is C27H25Cl2O5P. The Morgan fingerprint density at radius 2 is 1.26 bits per heavy atom. The van der Waals surface area contributed by atoms with Crippen molar-refractivity contribution in [3.05, 3.63) is 106 Å². The molecule has 4 rings (SSSR count). The zero-order valence-electron chi connectivity index (χ0n) is 19.4. The molecule has 4 aromatic carbocycles. The molecule has 8 heteroatoms. The molecule has 0 bridgehead atoms. The number of fused-ring (bicyclic) bond motifs is 1. The van der Waals surface area contributed by atoms with E-state index in [1.807, 2.05) is 54.6 Å². The fraction of sp³-hybridized carbons (Fsp3) is 0.185. The predicted molar refractivity (Wildman–Crippen MR) is 141 cm³/mol. The quantitative estimate of drug-likeness (QED) is 0.193. The molecular weight excluding hydrogens is 506 g/mol. The second-order valence-electron chi connectivity index (χ2n) is 7.89. The highest BCUT2D eigenvalue weighted by atomic mass is 35.5. The van der Waals surface area contributed by atoms with Crippen molar-refractivity contribution in [2.24, 2.45) is 0 Å². The summed E-state index contributed by atoms with van der Waals surface area (Å²) in [7, 11) is -0.492. The third kappa shape index (κ3) is 6.38. The average molecular weight is 531 g/mol. The Bertz CT molecular complexity index is 1310. The van der Waals surface area contributed by atoms with Crippen molar-refractivity contribution in [3.8, 4) is 11.5 Å². The monoisotopic (exact) mass is 530 g/mol. The fourth-order valence-corrected chi connectivity index (χ4v) is 5.91. The van der Waals surface area contributed by atoms with Crippen molar-refractivity contribution in [1.82, 2.24) is 0 Å². The Morgan fingerprint density at radius 3 is 1.80 bits per heavy atom. The summed E-state index contributed by atoms with van der Waals surface area (Å²) in [5, 5.41) is 2.96. The van der Waals surface area contributed by atoms with E-state index in [9.17, 15) is 4.57 Å². The maximum absolute atomic E-state index is 14.0. The van der Waals surface area contributed by atoms with E-state index in [4.69, 9.17) is 41.7 Å². The minimum Gasteiger partial charge on any atom is -0.495 e. The molecule has 0 aliphatic rings. The number of rotatable bonds is 10. The lowest BCUT2D eigenvalue weighted by atomic mass is 10.1. The lowest BCUT2D eigenvalue weighted by Crippen LogP contribution is -2.02. The van der Waals surface area contributed by atoms with Gasteiger partial charge in [-0.3, -0.25) is 4.57 Å². The van der Waals surface area contributed by atoms with Crippen molar-refractivity contribution in [1.29, 1.82) is 0 Å². The van der Waals surface area contributed by atoms with Crippen LogP contribution in [0.3, 0.4) is 0 Å². The first-order chi connectivity index (χ1) is 16.9. The molecule has 0 radical (unpaired) electrons. The summed E-state index contributed by atoms with van der Waals surface area (Å²) in [4.78, 5) is 0. The van der Waals surface area contributed by atoms with E-state index in [1.165, 1.54) is 0 Å². The van der Waals surface area contributed by atoms with Crippen LogP contribution in [0.25, 0.3) is 10.8 Å². The predicted octanol–water partition coefficient (Wildman–Crippen LogP) is 8.29. The number of halogens is 2. The van der Waals surface area contributed by atoms with Gasteiger partial charge in [0.15, 0.2) is 0 Å². The van der Waals surface area contributed by atoms with Crippen LogP contribution in [0.2, 0.25) is 10.0 Å². The minimum atomic E-state index is -3.59. The van der Waals surface area contributed by atoms with E-state index >= 15 is 0 Å². The number of hydrogen-bond donors (Lipinski definition) is 0. The lowest BCUT2D eigenvalue weighted by Gasteiger charge is -2.20. The summed E-state index contributed by atoms with van der Waals surface area (Å²) in [6, 6.07) is 24.4. The molecule has 0 heterocycles. The molecule has 35 heavy (non-hydrogen) atoms. The summed E-state index contributed by atoms with van der Waals surface area (Å²) >= 11 is 12.5. The summed E-state index contributed by atoms with van der Waals surface area (Å²) in [5.41, 5.74) is 2.39. The zero-order valence-corrected chi connectivity index (χ0v) is 21.8. The Balaban J connectivity index is 1.59. The smallest absolute Gasteiger partial charge is 0.335 e. The SMILES string of the molecule is COc1ccc(COP(=O)(Cc2cccc3ccccc23)OCc2ccc(OC)c(Cl)c2)cc1Cl. The molecule has 0 amide bonds. The van der Waals surface area contributed by atoms with Gasteiger partial charge in [-0.15, -0.1) is 0 Å². The molecule has 0 saturated carbocycles. The van der Waals surface area contributed by atoms with Crippen molar-refractivity contribution in [2.45, 2.75) is 19.4 Å². The third-order valence-electron chi connectivity index (χ3n) is 5.53. The zero-order chi connectivity index (χ0) is 24.8. The summed E-state index contributed by atoms with van der Waals surface area (Å²) < 4.78 is 36.4. The van der Waals surface area contributed by atoms with Crippen LogP contribution in [0.15, 0.2) is 78.9 Å². The normalized spacial score (nSPS) is 11.5. The molecule has 0 N–H and O–H groups in total. The second kappa shape index (κ2) is 11.5. The summed E-state index contributed by atoms with van der Waals surface area (Å²) in [6.07, 6.45) is 0.113. The van der Waals surface area contributed by atoms with Crippen molar-refractivity contribution < 1.29 is 23.1 Å². The highest BCUT2D eigenvalue weighted by Crippen LogP contribution is 2.53. The molecule has 0 unspecified atom stereocenters. The average Bonchev–Trinajstić information content (AvgIpc) is 2.87. The summed E-state index contributed by atoms with van der Waals surface area (Å²) in [5.74, 6) is 1.11. The third-order valence-corrected chi connectivity index (χ3v) is 7.90. The van der Waals surface area contributed by atoms with Gasteiger partial charge in [-0.25, -0.2) is 0 Å². The molecule has 0 aromatic heterocycles. The molecule has 0 aliphatic heterocycles. The fourth-order valence-electron chi connectivity index (χ4n) is 3.71. The molecule has 0 atom stereocenters. The molecule has 4 aromatic rings. The molecule has 0 saturated heterocycles. The topological polar surface area (TPSA) is 54.0 Å². The van der Waals surface area contributed by atoms with Gasteiger partial charge in [0.05, 0.1) is 43.6 Å². The van der Waals surface area contributed by atoms with Gasteiger partial charge in [0.2, 0.25) is 0 Å². The second-order valence-corrected chi connectivity index (χ2v) is 10.8. The standard InChI is InChI=1S/C27H25Cl2O5P/c1-31-26-12-10-19(14-24(26)28)16-33-35(30,34-17-20-11-13-27(32-2)25(29)15-20)18-22-8-5-7-21-6-3-4-9-23(21)22/h3-15H,16-18H2,1-2H3. The minimum absolute atomic E-state index is 0.0646. The maximum Gasteiger partial charge on any atom is 0.335 e. The van der Waals surface area contributed by atoms with Crippen LogP contribution in [0.5, 0.6) is 11.5 Å². The molecule has 5 nitrogen and oxygen atoms in total. The highest BCUT2D eigenvalue weighted by Gasteiger charge is 2.27. The van der Waals surface area contributed by atoms with Gasteiger partial charge in [-0.1, -0.05) is 77.8 Å². The van der Waals surface area contributed by atoms with Crippen LogP contribution in [-0.2, 0) is 33.0 Å². The molecule has 182 valence electrons. The van der Waals surface area contributed by atoms with Gasteiger partial charge in [0.25, 0.3) is 0 Å². The van der Waals surface area contributed by atoms with Crippen LogP contribution in [0, 0.1) is 0 Å². The van der Waals surface area contributed by atoms with Crippen molar-refractivity contribution >= 4 is 41.6 Å². The Morgan fingerprint density at radius 1 is 0.714 bits per heavy atom. The van der Waals surface area contributed by atoms with Crippen molar-refractivity contribution in [2.75, 3.05) is 14.2 Å². The van der Waals surface area contributed by atoms with Crippen LogP contribution in [0.4, 0.5) is 0 Å². The largest absolute Gasteiger partial charge is 0.495 e. The Hall–Kier alpha value is -2.53. The van der Waals surface area contributed by atoms with E-state index in [-0.39, 0.29) is 19.4 Å². The number of hydrogen-bond acceptors (Lipinski definition) is 5. The van der Waals surface area contributed by atoms with Crippen molar-refractivity contribution in [3.63, 3.8) is 0 Å². The molecule has 0 fully saturated rings. The lowest BCUT2D eigenvalue weighted by molar-refractivity contribution is 0.190. The number of benzene rings is 4. The highest BCUT2D eigenvalue weighted by molar-refractivity contribution is 7.53. The van der Waals surface area contributed by atoms with E-state index in [0.717, 1.165) is 27.5 Å². The van der Waals surface area contributed by atoms with E-state index in [2.05, 4.69) is 0 Å². The van der Waals surface area contributed by atoms with Crippen LogP contribution < -0.4 is 9.47 Å². The van der Waals surface area contributed by atoms with Gasteiger partial charge in [-0.2, -0.15) is 0 Å². The molecule has 0 spiro atoms. The first-order valence-electron chi connectivity index (χ1n) is 10.9. The van der Waals surface area contributed by atoms with E-state index < -0.39 is 7.60 Å². The van der Waals surface area contributed by atoms with Gasteiger partial charge in [-0.05, 0) is 51.7 Å². The summed E-state index contributed by atoms with van der Waals surface area (Å²) in [6.45, 7) is 0.129. The Kier molecular flexibility index (Phi) is 8.38. The van der Waals surface area contributed by atoms with Gasteiger partial charge in [0, 0.05) is 0 Å². The van der Waals surface area contributed by atoms with Crippen LogP contribution in [-0.4, -0.2) is 14.2 Å².